The third kappa shape index (κ3) is 16.0. The van der Waals surface area contributed by atoms with Crippen molar-refractivity contribution in [3.05, 3.63) is 107 Å². The zero-order valence-electron chi connectivity index (χ0n) is 24.7. The molecule has 3 aromatic carbocycles. The Morgan fingerprint density at radius 3 is 1.93 bits per heavy atom. The first-order valence-corrected chi connectivity index (χ1v) is 14.0. The van der Waals surface area contributed by atoms with Crippen molar-refractivity contribution in [2.75, 3.05) is 39.0 Å². The van der Waals surface area contributed by atoms with Gasteiger partial charge in [0.1, 0.15) is 11.6 Å². The molecule has 0 spiro atoms. The number of carbonyl (C=O) groups is 1. The van der Waals surface area contributed by atoms with E-state index in [-0.39, 0.29) is 5.78 Å². The molecule has 5 nitrogen and oxygen atoms in total. The number of carbonyl (C=O) groups excluding carboxylic acids is 1. The quantitative estimate of drug-likeness (QED) is 0.141. The Morgan fingerprint density at radius 1 is 0.950 bits per heavy atom. The predicted octanol–water partition coefficient (Wildman–Crippen LogP) is 6.48. The maximum Gasteiger partial charge on any atom is 0.162 e. The number of nitrogens with one attached hydrogen (secondary N) is 1. The molecule has 0 aliphatic carbocycles. The number of hydrogen-bond donors (Lipinski definition) is 4. The molecule has 0 saturated heterocycles. The maximum atomic E-state index is 12.2. The van der Waals surface area contributed by atoms with E-state index in [4.69, 9.17) is 11.5 Å². The largest absolute Gasteiger partial charge is 0.399 e. The van der Waals surface area contributed by atoms with Crippen molar-refractivity contribution in [3.63, 3.8) is 0 Å². The lowest BCUT2D eigenvalue weighted by Crippen LogP contribution is -2.29. The van der Waals surface area contributed by atoms with Crippen LogP contribution in [0.2, 0.25) is 0 Å². The summed E-state index contributed by atoms with van der Waals surface area (Å²) >= 11 is 4.11. The second-order valence-electron chi connectivity index (χ2n) is 8.89. The first kappa shape index (κ1) is 36.8. The molecular formula is C32H46F2N4OS. The smallest absolute Gasteiger partial charge is 0.162 e. The number of aryl methyl sites for hydroxylation is 1. The van der Waals surface area contributed by atoms with Crippen LogP contribution in [-0.2, 0) is 10.5 Å². The standard InChI is InChI=1S/C16H25N3O.C7H6F2.C7H8S.C2H7N/c1-5-18-15(11-19(4)6-2)16(12(3)20)13-8-7-9-14(17)10-13;1-5-2-6(8)4-7(9)3-5;8-6-7-4-2-1-3-5-7;1-2-3/h7-10,18H,5-6,11,17H2,1-4H3;2-4H,1H3;1-5,8H,6H2;2-3H2,1H3/b16-15-;;;. The molecular weight excluding hydrogens is 526 g/mol. The van der Waals surface area contributed by atoms with Crippen molar-refractivity contribution in [2.45, 2.75) is 40.4 Å². The van der Waals surface area contributed by atoms with Gasteiger partial charge in [0, 0.05) is 41.9 Å². The molecule has 0 heterocycles. The van der Waals surface area contributed by atoms with Gasteiger partial charge in [0.25, 0.3) is 0 Å². The number of benzene rings is 3. The predicted molar refractivity (Wildman–Crippen MR) is 170 cm³/mol. The highest BCUT2D eigenvalue weighted by Gasteiger charge is 2.15. The summed E-state index contributed by atoms with van der Waals surface area (Å²) in [4.78, 5) is 14.2. The minimum atomic E-state index is -0.521. The molecule has 0 saturated carbocycles. The SMILES string of the molecule is CCN.CCN/C(CN(C)CC)=C(/C(C)=O)c1cccc(N)c1.Cc1cc(F)cc(F)c1.SCc1ccccc1. The summed E-state index contributed by atoms with van der Waals surface area (Å²) in [6.07, 6.45) is 0. The lowest BCUT2D eigenvalue weighted by Gasteiger charge is -2.21. The number of rotatable bonds is 8. The fraction of sp³-hybridized carbons (Fsp3) is 0.344. The zero-order chi connectivity index (χ0) is 30.5. The van der Waals surface area contributed by atoms with E-state index >= 15 is 0 Å². The van der Waals surface area contributed by atoms with Crippen molar-refractivity contribution in [1.29, 1.82) is 0 Å². The fourth-order valence-corrected chi connectivity index (χ4v) is 3.59. The number of likely N-dealkylation sites (N-methyl/N-ethyl adjacent to an activating group) is 2. The number of nitrogen functional groups attached to an aromatic ring is 1. The molecule has 40 heavy (non-hydrogen) atoms. The van der Waals surface area contributed by atoms with Crippen LogP contribution in [0.15, 0.2) is 78.5 Å². The molecule has 0 fully saturated rings. The summed E-state index contributed by atoms with van der Waals surface area (Å²) in [5.74, 6) is -0.156. The van der Waals surface area contributed by atoms with E-state index in [2.05, 4.69) is 41.9 Å². The Hall–Kier alpha value is -3.20. The first-order valence-electron chi connectivity index (χ1n) is 13.3. The van der Waals surface area contributed by atoms with Gasteiger partial charge in [0.15, 0.2) is 5.78 Å². The van der Waals surface area contributed by atoms with Crippen molar-refractivity contribution in [1.82, 2.24) is 10.2 Å². The highest BCUT2D eigenvalue weighted by molar-refractivity contribution is 7.79. The summed E-state index contributed by atoms with van der Waals surface area (Å²) in [7, 11) is 2.04. The maximum absolute atomic E-state index is 12.2. The highest BCUT2D eigenvalue weighted by Crippen LogP contribution is 2.21. The number of hydrogen-bond acceptors (Lipinski definition) is 6. The number of nitrogens with two attached hydrogens (primary N) is 2. The molecule has 8 heteroatoms. The lowest BCUT2D eigenvalue weighted by atomic mass is 9.99. The van der Waals surface area contributed by atoms with Crippen LogP contribution in [0.3, 0.4) is 0 Å². The van der Waals surface area contributed by atoms with Crippen LogP contribution in [0, 0.1) is 18.6 Å². The van der Waals surface area contributed by atoms with E-state index in [0.717, 1.165) is 48.3 Å². The summed E-state index contributed by atoms with van der Waals surface area (Å²) < 4.78 is 24.4. The van der Waals surface area contributed by atoms with Crippen LogP contribution in [0.5, 0.6) is 0 Å². The van der Waals surface area contributed by atoms with Gasteiger partial charge in [0.05, 0.1) is 0 Å². The summed E-state index contributed by atoms with van der Waals surface area (Å²) in [6.45, 7) is 12.4. The Morgan fingerprint density at radius 2 is 1.52 bits per heavy atom. The molecule has 0 aliphatic heterocycles. The first-order chi connectivity index (χ1) is 19.0. The Bertz CT molecular complexity index is 1110. The molecule has 0 unspecified atom stereocenters. The molecule has 5 N–H and O–H groups in total. The molecule has 220 valence electrons. The van der Waals surface area contributed by atoms with Crippen molar-refractivity contribution in [2.24, 2.45) is 5.73 Å². The van der Waals surface area contributed by atoms with Crippen LogP contribution in [0.25, 0.3) is 5.57 Å². The van der Waals surface area contributed by atoms with Gasteiger partial charge < -0.3 is 21.7 Å². The van der Waals surface area contributed by atoms with Crippen molar-refractivity contribution >= 4 is 29.7 Å². The molecule has 0 atom stereocenters. The van der Waals surface area contributed by atoms with Gasteiger partial charge in [-0.15, -0.1) is 0 Å². The molecule has 0 bridgehead atoms. The Balaban J connectivity index is 0.000000622. The second kappa shape index (κ2) is 21.6. The van der Waals surface area contributed by atoms with Crippen LogP contribution in [-0.4, -0.2) is 43.9 Å². The van der Waals surface area contributed by atoms with E-state index in [0.29, 0.717) is 17.8 Å². The van der Waals surface area contributed by atoms with Crippen LogP contribution >= 0.6 is 12.6 Å². The van der Waals surface area contributed by atoms with Crippen molar-refractivity contribution < 1.29 is 13.6 Å². The molecule has 0 aromatic heterocycles. The van der Waals surface area contributed by atoms with Gasteiger partial charge in [-0.1, -0.05) is 56.3 Å². The van der Waals surface area contributed by atoms with Gasteiger partial charge in [-0.25, -0.2) is 8.78 Å². The monoisotopic (exact) mass is 572 g/mol. The normalized spacial score (nSPS) is 10.6. The third-order valence-electron chi connectivity index (χ3n) is 5.22. The number of anilines is 1. The Labute approximate surface area is 245 Å². The summed E-state index contributed by atoms with van der Waals surface area (Å²) in [5, 5.41) is 3.32. The summed E-state index contributed by atoms with van der Waals surface area (Å²) in [5.41, 5.74) is 15.8. The molecule has 3 aromatic rings. The van der Waals surface area contributed by atoms with E-state index in [9.17, 15) is 13.6 Å². The van der Waals surface area contributed by atoms with Gasteiger partial charge in [-0.05, 0) is 81.9 Å². The zero-order valence-corrected chi connectivity index (χ0v) is 25.6. The summed E-state index contributed by atoms with van der Waals surface area (Å²) in [6, 6.07) is 21.1. The number of halogens is 2. The third-order valence-corrected chi connectivity index (χ3v) is 5.58. The van der Waals surface area contributed by atoms with E-state index in [1.165, 1.54) is 17.7 Å². The van der Waals surface area contributed by atoms with Crippen LogP contribution in [0.4, 0.5) is 14.5 Å². The minimum absolute atomic E-state index is 0.0519. The minimum Gasteiger partial charge on any atom is -0.399 e. The van der Waals surface area contributed by atoms with Gasteiger partial charge in [-0.2, -0.15) is 12.6 Å². The van der Waals surface area contributed by atoms with Gasteiger partial charge in [0.2, 0.25) is 0 Å². The average Bonchev–Trinajstić information content (AvgIpc) is 2.89. The number of allylic oxidation sites excluding steroid dienone is 1. The molecule has 0 amide bonds. The van der Waals surface area contributed by atoms with Gasteiger partial charge >= 0.3 is 0 Å². The Kier molecular flexibility index (Phi) is 19.9. The van der Waals surface area contributed by atoms with Crippen LogP contribution in [0.1, 0.15) is 44.4 Å². The molecule has 0 radical (unpaired) electrons. The molecule has 0 aliphatic rings. The lowest BCUT2D eigenvalue weighted by molar-refractivity contribution is -0.111. The average molecular weight is 573 g/mol. The van der Waals surface area contributed by atoms with Crippen LogP contribution < -0.4 is 16.8 Å². The second-order valence-corrected chi connectivity index (χ2v) is 9.21. The number of ketones is 1. The van der Waals surface area contributed by atoms with Gasteiger partial charge in [-0.3, -0.25) is 4.79 Å². The van der Waals surface area contributed by atoms with E-state index in [1.54, 1.807) is 13.8 Å². The number of Topliss-reactive ketones (excluding diaryl/α,β-unsaturated/α-hetero) is 1. The van der Waals surface area contributed by atoms with E-state index in [1.807, 2.05) is 63.4 Å². The highest BCUT2D eigenvalue weighted by atomic mass is 32.1. The number of nitrogens with zero attached hydrogens (tertiary/aromatic N) is 1. The van der Waals surface area contributed by atoms with E-state index < -0.39 is 11.6 Å². The fourth-order valence-electron chi connectivity index (χ4n) is 3.38. The van der Waals surface area contributed by atoms with Crippen molar-refractivity contribution in [3.8, 4) is 0 Å². The molecule has 3 rings (SSSR count). The number of thiol groups is 1. The topological polar surface area (TPSA) is 84.4 Å².